The van der Waals surface area contributed by atoms with Crippen molar-refractivity contribution >= 4 is 12.0 Å². The minimum absolute atomic E-state index is 0.199. The van der Waals surface area contributed by atoms with E-state index < -0.39 is 23.6 Å². The fourth-order valence-electron chi connectivity index (χ4n) is 1.68. The number of alkyl carbamates (subject to hydrolysis) is 1. The molecule has 21 heavy (non-hydrogen) atoms. The Labute approximate surface area is 123 Å². The molecule has 6 heteroatoms. The molecular weight excluding hydrogens is 270 g/mol. The molecule has 0 aromatic heterocycles. The fourth-order valence-corrected chi connectivity index (χ4v) is 1.68. The Morgan fingerprint density at radius 3 is 2.62 bits per heavy atom. The molecule has 0 radical (unpaired) electrons. The number of nitrogens with one attached hydrogen (secondary N) is 1. The van der Waals surface area contributed by atoms with E-state index in [9.17, 15) is 9.59 Å². The van der Waals surface area contributed by atoms with Crippen molar-refractivity contribution < 1.29 is 14.3 Å². The zero-order valence-electron chi connectivity index (χ0n) is 12.3. The molecule has 3 N–H and O–H groups in total. The Morgan fingerprint density at radius 1 is 1.43 bits per heavy atom. The minimum atomic E-state index is -0.895. The number of nitrogens with two attached hydrogens (primary N) is 1. The second kappa shape index (κ2) is 6.75. The van der Waals surface area contributed by atoms with E-state index in [0.29, 0.717) is 5.56 Å². The molecule has 0 aliphatic heterocycles. The van der Waals surface area contributed by atoms with Crippen molar-refractivity contribution in [2.45, 2.75) is 38.8 Å². The van der Waals surface area contributed by atoms with Gasteiger partial charge in [0.05, 0.1) is 11.6 Å². The Kier molecular flexibility index (Phi) is 5.30. The van der Waals surface area contributed by atoms with Gasteiger partial charge in [0.25, 0.3) is 0 Å². The third kappa shape index (κ3) is 5.95. The van der Waals surface area contributed by atoms with Crippen molar-refractivity contribution in [3.8, 4) is 6.07 Å². The minimum Gasteiger partial charge on any atom is -0.444 e. The highest BCUT2D eigenvalue weighted by Crippen LogP contribution is 2.09. The van der Waals surface area contributed by atoms with Gasteiger partial charge in [0, 0.05) is 6.42 Å². The third-order valence-electron chi connectivity index (χ3n) is 2.53. The predicted octanol–water partition coefficient (Wildman–Crippen LogP) is 1.48. The first-order valence-electron chi connectivity index (χ1n) is 6.49. The standard InChI is InChI=1S/C15H19N3O3/c1-15(2,3)21-14(20)18-12(13(17)19)8-10-5-4-6-11(7-10)9-16/h4-7,12H,8H2,1-3H3,(H2,17,19)(H,18,20). The van der Waals surface area contributed by atoms with Crippen LogP contribution in [-0.4, -0.2) is 23.6 Å². The van der Waals surface area contributed by atoms with E-state index in [1.165, 1.54) is 0 Å². The van der Waals surface area contributed by atoms with E-state index in [-0.39, 0.29) is 6.42 Å². The van der Waals surface area contributed by atoms with Crippen molar-refractivity contribution in [3.63, 3.8) is 0 Å². The quantitative estimate of drug-likeness (QED) is 0.875. The normalized spacial score (nSPS) is 12.1. The lowest BCUT2D eigenvalue weighted by molar-refractivity contribution is -0.120. The van der Waals surface area contributed by atoms with Crippen LogP contribution >= 0.6 is 0 Å². The smallest absolute Gasteiger partial charge is 0.408 e. The summed E-state index contributed by atoms with van der Waals surface area (Å²) in [6.07, 6.45) is -0.507. The van der Waals surface area contributed by atoms with Gasteiger partial charge in [-0.1, -0.05) is 12.1 Å². The van der Waals surface area contributed by atoms with Gasteiger partial charge in [0.1, 0.15) is 11.6 Å². The lowest BCUT2D eigenvalue weighted by Gasteiger charge is -2.22. The molecule has 0 bridgehead atoms. The lowest BCUT2D eigenvalue weighted by Crippen LogP contribution is -2.47. The topological polar surface area (TPSA) is 105 Å². The summed E-state index contributed by atoms with van der Waals surface area (Å²) < 4.78 is 5.09. The molecule has 0 saturated heterocycles. The first-order valence-corrected chi connectivity index (χ1v) is 6.49. The first-order chi connectivity index (χ1) is 9.71. The van der Waals surface area contributed by atoms with Crippen LogP contribution in [0.1, 0.15) is 31.9 Å². The summed E-state index contributed by atoms with van der Waals surface area (Å²) in [6, 6.07) is 7.89. The second-order valence-electron chi connectivity index (χ2n) is 5.62. The number of carbonyl (C=O) groups is 2. The summed E-state index contributed by atoms with van der Waals surface area (Å²) in [6.45, 7) is 5.17. The van der Waals surface area contributed by atoms with Gasteiger partial charge >= 0.3 is 6.09 Å². The molecule has 0 heterocycles. The van der Waals surface area contributed by atoms with Gasteiger partial charge < -0.3 is 15.8 Å². The van der Waals surface area contributed by atoms with Crippen molar-refractivity contribution in [3.05, 3.63) is 35.4 Å². The number of nitrogens with zero attached hydrogens (tertiary/aromatic N) is 1. The van der Waals surface area contributed by atoms with E-state index in [0.717, 1.165) is 5.56 Å². The maximum Gasteiger partial charge on any atom is 0.408 e. The Balaban J connectivity index is 2.77. The van der Waals surface area contributed by atoms with Crippen molar-refractivity contribution in [1.29, 1.82) is 5.26 Å². The molecule has 0 aliphatic carbocycles. The molecule has 0 aliphatic rings. The zero-order chi connectivity index (χ0) is 16.0. The molecule has 0 spiro atoms. The summed E-state index contributed by atoms with van der Waals surface area (Å²) in [5, 5.41) is 11.3. The van der Waals surface area contributed by atoms with Gasteiger partial charge in [0.2, 0.25) is 5.91 Å². The molecule has 6 nitrogen and oxygen atoms in total. The Bertz CT molecular complexity index is 570. The number of hydrogen-bond acceptors (Lipinski definition) is 4. The molecule has 1 unspecified atom stereocenters. The average Bonchev–Trinajstić information content (AvgIpc) is 2.36. The van der Waals surface area contributed by atoms with Crippen LogP contribution < -0.4 is 11.1 Å². The van der Waals surface area contributed by atoms with Gasteiger partial charge in [0.15, 0.2) is 0 Å². The van der Waals surface area contributed by atoms with Crippen LogP contribution in [0.15, 0.2) is 24.3 Å². The SMILES string of the molecule is CC(C)(C)OC(=O)NC(Cc1cccc(C#N)c1)C(N)=O. The largest absolute Gasteiger partial charge is 0.444 e. The highest BCUT2D eigenvalue weighted by Gasteiger charge is 2.23. The number of amides is 2. The van der Waals surface area contributed by atoms with Crippen LogP contribution in [0, 0.1) is 11.3 Å². The maximum absolute atomic E-state index is 11.7. The number of hydrogen-bond donors (Lipinski definition) is 2. The molecule has 112 valence electrons. The maximum atomic E-state index is 11.7. The van der Waals surface area contributed by atoms with Crippen molar-refractivity contribution in [1.82, 2.24) is 5.32 Å². The van der Waals surface area contributed by atoms with Crippen molar-refractivity contribution in [2.75, 3.05) is 0 Å². The van der Waals surface area contributed by atoms with Crippen molar-refractivity contribution in [2.24, 2.45) is 5.73 Å². The molecular formula is C15H19N3O3. The van der Waals surface area contributed by atoms with Crippen LogP contribution in [0.5, 0.6) is 0 Å². The zero-order valence-corrected chi connectivity index (χ0v) is 12.3. The number of nitriles is 1. The Hall–Kier alpha value is -2.55. The number of benzene rings is 1. The molecule has 0 saturated carbocycles. The van der Waals surface area contributed by atoms with Gasteiger partial charge in [-0.05, 0) is 38.5 Å². The highest BCUT2D eigenvalue weighted by atomic mass is 16.6. The monoisotopic (exact) mass is 289 g/mol. The van der Waals surface area contributed by atoms with Crippen LogP contribution in [0.4, 0.5) is 4.79 Å². The molecule has 0 fully saturated rings. The van der Waals surface area contributed by atoms with Gasteiger partial charge in [-0.2, -0.15) is 5.26 Å². The average molecular weight is 289 g/mol. The number of rotatable bonds is 4. The summed E-state index contributed by atoms with van der Waals surface area (Å²) >= 11 is 0. The molecule has 1 rings (SSSR count). The van der Waals surface area contributed by atoms with Crippen LogP contribution in [0.25, 0.3) is 0 Å². The molecule has 1 atom stereocenters. The first kappa shape index (κ1) is 16.5. The Morgan fingerprint density at radius 2 is 2.10 bits per heavy atom. The summed E-state index contributed by atoms with van der Waals surface area (Å²) in [5.74, 6) is -0.664. The number of primary amides is 1. The molecule has 1 aromatic carbocycles. The van der Waals surface area contributed by atoms with E-state index >= 15 is 0 Å². The number of ether oxygens (including phenoxy) is 1. The van der Waals surface area contributed by atoms with Crippen LogP contribution in [0.2, 0.25) is 0 Å². The molecule has 2 amide bonds. The summed E-state index contributed by atoms with van der Waals surface area (Å²) in [7, 11) is 0. The summed E-state index contributed by atoms with van der Waals surface area (Å²) in [4.78, 5) is 23.1. The second-order valence-corrected chi connectivity index (χ2v) is 5.62. The summed E-state index contributed by atoms with van der Waals surface area (Å²) in [5.41, 5.74) is 5.84. The highest BCUT2D eigenvalue weighted by molar-refractivity contribution is 5.84. The lowest BCUT2D eigenvalue weighted by atomic mass is 10.0. The number of carbonyl (C=O) groups excluding carboxylic acids is 2. The molecule has 1 aromatic rings. The van der Waals surface area contributed by atoms with E-state index in [4.69, 9.17) is 15.7 Å². The van der Waals surface area contributed by atoms with Crippen LogP contribution in [0.3, 0.4) is 0 Å². The van der Waals surface area contributed by atoms with E-state index in [1.54, 1.807) is 45.0 Å². The van der Waals surface area contributed by atoms with Gasteiger partial charge in [-0.3, -0.25) is 4.79 Å². The fraction of sp³-hybridized carbons (Fsp3) is 0.400. The van der Waals surface area contributed by atoms with Gasteiger partial charge in [-0.15, -0.1) is 0 Å². The predicted molar refractivity (Wildman–Crippen MR) is 77.2 cm³/mol. The third-order valence-corrected chi connectivity index (χ3v) is 2.53. The van der Waals surface area contributed by atoms with E-state index in [2.05, 4.69) is 5.32 Å². The van der Waals surface area contributed by atoms with Gasteiger partial charge in [-0.25, -0.2) is 4.79 Å². The van der Waals surface area contributed by atoms with E-state index in [1.807, 2.05) is 6.07 Å². The van der Waals surface area contributed by atoms with Crippen LogP contribution in [-0.2, 0) is 16.0 Å².